The number of rotatable bonds is 6. The molecule has 0 rings (SSSR count). The van der Waals surface area contributed by atoms with Crippen molar-refractivity contribution in [2.45, 2.75) is 12.4 Å². The Kier molecular flexibility index (Phi) is 6.53. The zero-order chi connectivity index (χ0) is 10.3. The lowest BCUT2D eigenvalue weighted by Crippen LogP contribution is -2.31. The van der Waals surface area contributed by atoms with Crippen molar-refractivity contribution in [3.05, 3.63) is 0 Å². The van der Waals surface area contributed by atoms with E-state index in [1.807, 2.05) is 11.8 Å². The van der Waals surface area contributed by atoms with E-state index in [0.29, 0.717) is 19.6 Å². The second-order valence-electron chi connectivity index (χ2n) is 2.52. The molecule has 0 bridgehead atoms. The zero-order valence-electron chi connectivity index (χ0n) is 7.60. The Bertz CT molecular complexity index is 129. The lowest BCUT2D eigenvalue weighted by Gasteiger charge is -2.19. The van der Waals surface area contributed by atoms with Crippen molar-refractivity contribution in [2.24, 2.45) is 5.73 Å². The van der Waals surface area contributed by atoms with E-state index in [4.69, 9.17) is 5.73 Å². The van der Waals surface area contributed by atoms with Crippen molar-refractivity contribution in [1.82, 2.24) is 4.90 Å². The highest BCUT2D eigenvalue weighted by molar-refractivity contribution is 8.00. The molecule has 0 fully saturated rings. The number of likely N-dealkylation sites (N-methyl/N-ethyl adjacent to an activating group) is 1. The number of nitrogens with two attached hydrogens (primary N) is 1. The quantitative estimate of drug-likeness (QED) is 0.730. The summed E-state index contributed by atoms with van der Waals surface area (Å²) in [5.41, 5.74) is 1.18. The summed E-state index contributed by atoms with van der Waals surface area (Å²) in [7, 11) is 0. The van der Waals surface area contributed by atoms with Crippen LogP contribution >= 0.6 is 11.8 Å². The first-order chi connectivity index (χ1) is 5.99. The van der Waals surface area contributed by atoms with E-state index >= 15 is 0 Å². The predicted molar refractivity (Wildman–Crippen MR) is 49.7 cm³/mol. The van der Waals surface area contributed by atoms with Crippen LogP contribution in [-0.2, 0) is 0 Å². The van der Waals surface area contributed by atoms with Crippen LogP contribution < -0.4 is 5.73 Å². The van der Waals surface area contributed by atoms with Crippen LogP contribution in [0.4, 0.5) is 13.2 Å². The lowest BCUT2D eigenvalue weighted by atomic mass is 10.5. The summed E-state index contributed by atoms with van der Waals surface area (Å²) in [4.78, 5) is 1.90. The highest BCUT2D eigenvalue weighted by Gasteiger charge is 2.27. The molecule has 0 aliphatic heterocycles. The van der Waals surface area contributed by atoms with Gasteiger partial charge in [-0.25, -0.2) is 0 Å². The van der Waals surface area contributed by atoms with E-state index in [9.17, 15) is 13.2 Å². The molecule has 6 heteroatoms. The molecule has 0 saturated carbocycles. The smallest absolute Gasteiger partial charge is 0.329 e. The number of halogens is 3. The van der Waals surface area contributed by atoms with Gasteiger partial charge in [0.1, 0.15) is 0 Å². The molecule has 0 radical (unpaired) electrons. The summed E-state index contributed by atoms with van der Waals surface area (Å²) < 4.78 is 35.1. The van der Waals surface area contributed by atoms with Gasteiger partial charge in [-0.3, -0.25) is 0 Å². The van der Waals surface area contributed by atoms with E-state index < -0.39 is 5.51 Å². The summed E-state index contributed by atoms with van der Waals surface area (Å²) in [5, 5.41) is 0. The van der Waals surface area contributed by atoms with Crippen LogP contribution in [-0.4, -0.2) is 42.3 Å². The molecule has 0 aromatic rings. The maximum Gasteiger partial charge on any atom is 0.441 e. The van der Waals surface area contributed by atoms with Crippen LogP contribution in [0.3, 0.4) is 0 Å². The highest BCUT2D eigenvalue weighted by atomic mass is 32.2. The minimum Gasteiger partial charge on any atom is -0.329 e. The number of thioether (sulfide) groups is 1. The molecule has 2 nitrogen and oxygen atoms in total. The van der Waals surface area contributed by atoms with Crippen molar-refractivity contribution in [1.29, 1.82) is 0 Å². The monoisotopic (exact) mass is 216 g/mol. The maximum atomic E-state index is 11.7. The van der Waals surface area contributed by atoms with E-state index in [1.54, 1.807) is 0 Å². The SMILES string of the molecule is CCN(CCN)CCSC(F)(F)F. The summed E-state index contributed by atoms with van der Waals surface area (Å²) >= 11 is 0.0206. The Hall–Kier alpha value is 0.0600. The van der Waals surface area contributed by atoms with E-state index in [0.717, 1.165) is 6.54 Å². The molecule has 13 heavy (non-hydrogen) atoms. The first-order valence-electron chi connectivity index (χ1n) is 4.12. The molecule has 80 valence electrons. The highest BCUT2D eigenvalue weighted by Crippen LogP contribution is 2.29. The number of nitrogens with zero attached hydrogens (tertiary/aromatic N) is 1. The third kappa shape index (κ3) is 8.39. The molecule has 0 atom stereocenters. The van der Waals surface area contributed by atoms with Gasteiger partial charge < -0.3 is 10.6 Å². The lowest BCUT2D eigenvalue weighted by molar-refractivity contribution is -0.0328. The molecular weight excluding hydrogens is 201 g/mol. The van der Waals surface area contributed by atoms with Gasteiger partial charge in [-0.15, -0.1) is 0 Å². The Morgan fingerprint density at radius 1 is 1.31 bits per heavy atom. The van der Waals surface area contributed by atoms with Gasteiger partial charge in [-0.05, 0) is 18.3 Å². The van der Waals surface area contributed by atoms with E-state index in [1.165, 1.54) is 0 Å². The Labute approximate surface area is 80.6 Å². The minimum atomic E-state index is -4.11. The van der Waals surface area contributed by atoms with Crippen molar-refractivity contribution < 1.29 is 13.2 Å². The number of hydrogen-bond acceptors (Lipinski definition) is 3. The van der Waals surface area contributed by atoms with Crippen molar-refractivity contribution in [2.75, 3.05) is 31.9 Å². The van der Waals surface area contributed by atoms with Gasteiger partial charge in [0, 0.05) is 25.4 Å². The second-order valence-corrected chi connectivity index (χ2v) is 3.68. The second kappa shape index (κ2) is 6.50. The summed E-state index contributed by atoms with van der Waals surface area (Å²) in [6, 6.07) is 0. The largest absolute Gasteiger partial charge is 0.441 e. The van der Waals surface area contributed by atoms with Gasteiger partial charge in [0.2, 0.25) is 0 Å². The summed E-state index contributed by atoms with van der Waals surface area (Å²) in [6.07, 6.45) is 0. The Morgan fingerprint density at radius 3 is 2.31 bits per heavy atom. The predicted octanol–water partition coefficient (Wildman–Crippen LogP) is 1.52. The van der Waals surface area contributed by atoms with Crippen molar-refractivity contribution >= 4 is 11.8 Å². The van der Waals surface area contributed by atoms with Gasteiger partial charge in [-0.2, -0.15) is 13.2 Å². The molecule has 0 saturated heterocycles. The van der Waals surface area contributed by atoms with Gasteiger partial charge in [-0.1, -0.05) is 6.92 Å². The van der Waals surface area contributed by atoms with Gasteiger partial charge in [0.25, 0.3) is 0 Å². The molecule has 0 aliphatic rings. The van der Waals surface area contributed by atoms with Gasteiger partial charge in [0.05, 0.1) is 0 Å². The zero-order valence-corrected chi connectivity index (χ0v) is 8.42. The van der Waals surface area contributed by atoms with Crippen LogP contribution in [0.1, 0.15) is 6.92 Å². The molecular formula is C7H15F3N2S. The van der Waals surface area contributed by atoms with Crippen LogP contribution in [0, 0.1) is 0 Å². The molecule has 0 aliphatic carbocycles. The van der Waals surface area contributed by atoms with E-state index in [2.05, 4.69) is 0 Å². The summed E-state index contributed by atoms with van der Waals surface area (Å²) in [6.45, 7) is 4.25. The number of hydrogen-bond donors (Lipinski definition) is 1. The molecule has 0 spiro atoms. The fourth-order valence-corrected chi connectivity index (χ4v) is 1.48. The standard InChI is InChI=1S/C7H15F3N2S/c1-2-12(4-3-11)5-6-13-7(8,9)10/h2-6,11H2,1H3. The Morgan fingerprint density at radius 2 is 1.92 bits per heavy atom. The molecule has 0 heterocycles. The van der Waals surface area contributed by atoms with Crippen LogP contribution in [0.2, 0.25) is 0 Å². The topological polar surface area (TPSA) is 29.3 Å². The van der Waals surface area contributed by atoms with Crippen LogP contribution in [0.5, 0.6) is 0 Å². The first-order valence-corrected chi connectivity index (χ1v) is 5.11. The Balaban J connectivity index is 3.49. The maximum absolute atomic E-state index is 11.7. The van der Waals surface area contributed by atoms with Crippen LogP contribution in [0.15, 0.2) is 0 Å². The van der Waals surface area contributed by atoms with Gasteiger partial charge in [0.15, 0.2) is 0 Å². The third-order valence-electron chi connectivity index (χ3n) is 1.57. The fraction of sp³-hybridized carbons (Fsp3) is 1.00. The molecule has 0 amide bonds. The van der Waals surface area contributed by atoms with Gasteiger partial charge >= 0.3 is 5.51 Å². The normalized spacial score (nSPS) is 12.5. The average Bonchev–Trinajstić information content (AvgIpc) is 2.01. The molecule has 0 aromatic carbocycles. The van der Waals surface area contributed by atoms with E-state index in [-0.39, 0.29) is 17.5 Å². The number of alkyl halides is 3. The summed E-state index contributed by atoms with van der Waals surface area (Å²) in [5.74, 6) is 0.0807. The fourth-order valence-electron chi connectivity index (χ4n) is 0.901. The van der Waals surface area contributed by atoms with Crippen molar-refractivity contribution in [3.63, 3.8) is 0 Å². The minimum absolute atomic E-state index is 0.0206. The molecule has 2 N–H and O–H groups in total. The average molecular weight is 216 g/mol. The molecule has 0 aromatic heterocycles. The van der Waals surface area contributed by atoms with Crippen molar-refractivity contribution in [3.8, 4) is 0 Å². The van der Waals surface area contributed by atoms with Crippen LogP contribution in [0.25, 0.3) is 0 Å². The third-order valence-corrected chi connectivity index (χ3v) is 2.28. The molecule has 0 unspecified atom stereocenters. The first kappa shape index (κ1) is 13.1.